The fourth-order valence-corrected chi connectivity index (χ4v) is 2.35. The normalized spacial score (nSPS) is 10.5. The van der Waals surface area contributed by atoms with Gasteiger partial charge in [0.2, 0.25) is 5.95 Å². The molecule has 0 saturated heterocycles. The molecular formula is C21H17F3N6. The van der Waals surface area contributed by atoms with Crippen LogP contribution in [-0.2, 0) is 6.18 Å². The van der Waals surface area contributed by atoms with E-state index in [-0.39, 0.29) is 17.5 Å². The van der Waals surface area contributed by atoms with Gasteiger partial charge in [-0.05, 0) is 36.4 Å². The minimum atomic E-state index is -4.41. The third kappa shape index (κ3) is 5.90. The van der Waals surface area contributed by atoms with E-state index in [1.54, 1.807) is 18.2 Å². The monoisotopic (exact) mass is 410 g/mol. The van der Waals surface area contributed by atoms with Crippen LogP contribution in [0.2, 0.25) is 0 Å². The third-order valence-electron chi connectivity index (χ3n) is 3.73. The van der Waals surface area contributed by atoms with E-state index < -0.39 is 11.7 Å². The van der Waals surface area contributed by atoms with Gasteiger partial charge < -0.3 is 11.1 Å². The predicted molar refractivity (Wildman–Crippen MR) is 110 cm³/mol. The Hall–Kier alpha value is -4.19. The number of nitrogen functional groups attached to an aromatic ring is 1. The molecule has 0 aliphatic rings. The van der Waals surface area contributed by atoms with Crippen LogP contribution in [0.4, 0.5) is 30.5 Å². The van der Waals surface area contributed by atoms with Crippen LogP contribution in [0, 0.1) is 11.8 Å². The fourth-order valence-electron chi connectivity index (χ4n) is 2.35. The summed E-state index contributed by atoms with van der Waals surface area (Å²) in [5.74, 6) is 6.36. The van der Waals surface area contributed by atoms with Crippen LogP contribution in [0.3, 0.4) is 0 Å². The van der Waals surface area contributed by atoms with Crippen LogP contribution < -0.4 is 21.9 Å². The number of hydrazine groups is 1. The summed E-state index contributed by atoms with van der Waals surface area (Å²) in [4.78, 5) is 7.75. The van der Waals surface area contributed by atoms with Gasteiger partial charge in [-0.1, -0.05) is 30.6 Å². The zero-order valence-electron chi connectivity index (χ0n) is 15.6. The molecule has 0 spiro atoms. The number of halogens is 3. The second-order valence-electron chi connectivity index (χ2n) is 6.09. The smallest absolute Gasteiger partial charge is 0.368 e. The molecule has 0 fully saturated rings. The minimum Gasteiger partial charge on any atom is -0.368 e. The maximum Gasteiger partial charge on any atom is 0.416 e. The fraction of sp³-hybridized carbons (Fsp3) is 0.0476. The molecule has 0 bridgehead atoms. The van der Waals surface area contributed by atoms with Crippen LogP contribution >= 0.6 is 0 Å². The first kappa shape index (κ1) is 20.5. The molecule has 0 aliphatic carbocycles. The Morgan fingerprint density at radius 1 is 0.933 bits per heavy atom. The standard InChI is InChI=1S/C21H17F3N6/c1-14(28-18-6-3-5-17(11-18)21(22,23)24)29-30-19-7-2-4-15(10-19)8-9-16-12-26-20(25)27-13-16/h2-7,10-13,28-30H,1H2,(H2,25,26,27). The van der Waals surface area contributed by atoms with E-state index in [0.717, 1.165) is 17.7 Å². The number of alkyl halides is 3. The van der Waals surface area contributed by atoms with Crippen molar-refractivity contribution in [1.29, 1.82) is 0 Å². The number of nitrogens with zero attached hydrogens (tertiary/aromatic N) is 2. The highest BCUT2D eigenvalue weighted by molar-refractivity contribution is 5.53. The summed E-state index contributed by atoms with van der Waals surface area (Å²) in [6.07, 6.45) is -1.35. The second-order valence-corrected chi connectivity index (χ2v) is 6.09. The van der Waals surface area contributed by atoms with Crippen LogP contribution in [-0.4, -0.2) is 9.97 Å². The van der Waals surface area contributed by atoms with E-state index >= 15 is 0 Å². The lowest BCUT2D eigenvalue weighted by Crippen LogP contribution is -2.24. The van der Waals surface area contributed by atoms with Crippen molar-refractivity contribution in [3.05, 3.63) is 90.0 Å². The molecule has 0 unspecified atom stereocenters. The number of nitrogens with one attached hydrogen (secondary N) is 3. The van der Waals surface area contributed by atoms with Crippen LogP contribution in [0.25, 0.3) is 0 Å². The average molecular weight is 410 g/mol. The van der Waals surface area contributed by atoms with Crippen LogP contribution in [0.15, 0.2) is 73.3 Å². The molecule has 3 rings (SSSR count). The number of benzene rings is 2. The molecule has 3 aromatic rings. The molecule has 5 N–H and O–H groups in total. The first-order valence-corrected chi connectivity index (χ1v) is 8.64. The first-order valence-electron chi connectivity index (χ1n) is 8.64. The molecule has 0 radical (unpaired) electrons. The topological polar surface area (TPSA) is 87.9 Å². The lowest BCUT2D eigenvalue weighted by atomic mass is 10.2. The Labute approximate surface area is 171 Å². The van der Waals surface area contributed by atoms with Gasteiger partial charge in [-0.2, -0.15) is 13.2 Å². The van der Waals surface area contributed by atoms with Gasteiger partial charge in [0.15, 0.2) is 0 Å². The van der Waals surface area contributed by atoms with Gasteiger partial charge in [0.25, 0.3) is 0 Å². The number of aromatic nitrogens is 2. The molecule has 6 nitrogen and oxygen atoms in total. The summed E-state index contributed by atoms with van der Waals surface area (Å²) in [6.45, 7) is 3.74. The molecule has 30 heavy (non-hydrogen) atoms. The van der Waals surface area contributed by atoms with E-state index in [1.807, 2.05) is 6.07 Å². The molecule has 0 atom stereocenters. The van der Waals surface area contributed by atoms with Crippen molar-refractivity contribution >= 4 is 17.3 Å². The highest BCUT2D eigenvalue weighted by atomic mass is 19.4. The SMILES string of the molecule is C=C(NNc1cccc(C#Cc2cnc(N)nc2)c1)Nc1cccc(C(F)(F)F)c1. The van der Waals surface area contributed by atoms with Crippen LogP contribution in [0.1, 0.15) is 16.7 Å². The number of hydrogen-bond donors (Lipinski definition) is 4. The lowest BCUT2D eigenvalue weighted by Gasteiger charge is -2.15. The number of anilines is 3. The molecule has 0 saturated carbocycles. The van der Waals surface area contributed by atoms with Crippen molar-refractivity contribution in [2.24, 2.45) is 0 Å². The van der Waals surface area contributed by atoms with E-state index in [2.05, 4.69) is 44.6 Å². The van der Waals surface area contributed by atoms with Gasteiger partial charge in [-0.15, -0.1) is 0 Å². The molecule has 1 aromatic heterocycles. The molecule has 1 heterocycles. The summed E-state index contributed by atoms with van der Waals surface area (Å²) in [5, 5.41) is 2.77. The van der Waals surface area contributed by atoms with Gasteiger partial charge in [0.1, 0.15) is 5.82 Å². The Kier molecular flexibility index (Phi) is 6.08. The molecule has 9 heteroatoms. The van der Waals surface area contributed by atoms with Crippen molar-refractivity contribution < 1.29 is 13.2 Å². The quantitative estimate of drug-likeness (QED) is 0.376. The maximum absolute atomic E-state index is 12.8. The predicted octanol–water partition coefficient (Wildman–Crippen LogP) is 3.98. The summed E-state index contributed by atoms with van der Waals surface area (Å²) in [6, 6.07) is 12.0. The first-order chi connectivity index (χ1) is 14.3. The largest absolute Gasteiger partial charge is 0.416 e. The molecule has 2 aromatic carbocycles. The maximum atomic E-state index is 12.8. The molecule has 152 valence electrons. The summed E-state index contributed by atoms with van der Waals surface area (Å²) in [7, 11) is 0. The molecule has 0 amide bonds. The minimum absolute atomic E-state index is 0.178. The lowest BCUT2D eigenvalue weighted by molar-refractivity contribution is -0.137. The molecular weight excluding hydrogens is 393 g/mol. The van der Waals surface area contributed by atoms with E-state index in [0.29, 0.717) is 11.3 Å². The summed E-state index contributed by atoms with van der Waals surface area (Å²) < 4.78 is 38.4. The third-order valence-corrected chi connectivity index (χ3v) is 3.73. The summed E-state index contributed by atoms with van der Waals surface area (Å²) in [5.41, 5.74) is 12.7. The van der Waals surface area contributed by atoms with E-state index in [1.165, 1.54) is 24.5 Å². The van der Waals surface area contributed by atoms with Gasteiger partial charge in [-0.3, -0.25) is 10.9 Å². The Morgan fingerprint density at radius 2 is 1.60 bits per heavy atom. The zero-order chi connectivity index (χ0) is 21.6. The van der Waals surface area contributed by atoms with Crippen molar-refractivity contribution in [2.45, 2.75) is 6.18 Å². The van der Waals surface area contributed by atoms with E-state index in [4.69, 9.17) is 5.73 Å². The zero-order valence-corrected chi connectivity index (χ0v) is 15.6. The van der Waals surface area contributed by atoms with Gasteiger partial charge in [0, 0.05) is 23.6 Å². The Balaban J connectivity index is 1.59. The van der Waals surface area contributed by atoms with Crippen molar-refractivity contribution in [1.82, 2.24) is 15.4 Å². The Bertz CT molecular complexity index is 1100. The second kappa shape index (κ2) is 8.87. The average Bonchev–Trinajstić information content (AvgIpc) is 2.72. The van der Waals surface area contributed by atoms with Gasteiger partial charge in [0.05, 0.1) is 16.8 Å². The van der Waals surface area contributed by atoms with Crippen molar-refractivity contribution in [3.63, 3.8) is 0 Å². The Morgan fingerprint density at radius 3 is 2.33 bits per heavy atom. The highest BCUT2D eigenvalue weighted by Gasteiger charge is 2.30. The van der Waals surface area contributed by atoms with E-state index in [9.17, 15) is 13.2 Å². The molecule has 0 aliphatic heterocycles. The number of hydrogen-bond acceptors (Lipinski definition) is 6. The van der Waals surface area contributed by atoms with Gasteiger partial charge in [-0.25, -0.2) is 9.97 Å². The summed E-state index contributed by atoms with van der Waals surface area (Å²) >= 11 is 0. The number of rotatable bonds is 5. The highest BCUT2D eigenvalue weighted by Crippen LogP contribution is 2.30. The van der Waals surface area contributed by atoms with Gasteiger partial charge >= 0.3 is 6.18 Å². The number of nitrogens with two attached hydrogens (primary N) is 1. The van der Waals surface area contributed by atoms with Crippen molar-refractivity contribution in [3.8, 4) is 11.8 Å². The van der Waals surface area contributed by atoms with Crippen LogP contribution in [0.5, 0.6) is 0 Å². The van der Waals surface area contributed by atoms with Crippen molar-refractivity contribution in [2.75, 3.05) is 16.5 Å².